The highest BCUT2D eigenvalue weighted by Crippen LogP contribution is 2.23. The van der Waals surface area contributed by atoms with Crippen molar-refractivity contribution in [2.45, 2.75) is 19.4 Å². The molecule has 2 aromatic rings. The molecule has 1 unspecified atom stereocenters. The highest BCUT2D eigenvalue weighted by molar-refractivity contribution is 5.81. The number of ether oxygens (including phenoxy) is 1. The zero-order valence-electron chi connectivity index (χ0n) is 12.0. The number of carbonyl (C=O) groups is 1. The number of nitrogens with zero attached hydrogens (tertiary/aromatic N) is 2. The standard InChI is InChI=1S/C15H19N3O2/c1-4-13-12(10-18(2)17-13)14(15(19)20-3)16-11-8-6-5-7-9-11/h5-10,14,16H,4H2,1-3H3. The van der Waals surface area contributed by atoms with Crippen LogP contribution in [0.2, 0.25) is 0 Å². The van der Waals surface area contributed by atoms with Crippen LogP contribution in [0.4, 0.5) is 5.69 Å². The predicted octanol–water partition coefficient (Wildman–Crippen LogP) is 2.31. The second-order valence-corrected chi connectivity index (χ2v) is 4.52. The minimum Gasteiger partial charge on any atom is -0.467 e. The maximum atomic E-state index is 12.1. The Morgan fingerprint density at radius 1 is 1.40 bits per heavy atom. The van der Waals surface area contributed by atoms with Gasteiger partial charge < -0.3 is 10.1 Å². The molecule has 0 aliphatic rings. The lowest BCUT2D eigenvalue weighted by Crippen LogP contribution is -2.23. The zero-order chi connectivity index (χ0) is 14.5. The first kappa shape index (κ1) is 14.1. The number of benzene rings is 1. The fourth-order valence-corrected chi connectivity index (χ4v) is 2.15. The van der Waals surface area contributed by atoms with E-state index < -0.39 is 6.04 Å². The van der Waals surface area contributed by atoms with Gasteiger partial charge in [0.15, 0.2) is 6.04 Å². The van der Waals surface area contributed by atoms with Crippen LogP contribution < -0.4 is 5.32 Å². The molecule has 0 amide bonds. The van der Waals surface area contributed by atoms with Gasteiger partial charge in [-0.15, -0.1) is 0 Å². The Labute approximate surface area is 118 Å². The molecule has 0 spiro atoms. The Hall–Kier alpha value is -2.30. The third kappa shape index (κ3) is 2.99. The molecule has 0 bridgehead atoms. The molecule has 1 aromatic carbocycles. The van der Waals surface area contributed by atoms with E-state index in [1.54, 1.807) is 4.68 Å². The van der Waals surface area contributed by atoms with E-state index in [-0.39, 0.29) is 5.97 Å². The van der Waals surface area contributed by atoms with Crippen LogP contribution in [0.5, 0.6) is 0 Å². The molecular formula is C15H19N3O2. The second kappa shape index (κ2) is 6.23. The molecule has 1 aromatic heterocycles. The molecule has 0 radical (unpaired) electrons. The van der Waals surface area contributed by atoms with Crippen molar-refractivity contribution in [1.29, 1.82) is 0 Å². The maximum absolute atomic E-state index is 12.1. The fourth-order valence-electron chi connectivity index (χ4n) is 2.15. The molecule has 0 saturated heterocycles. The van der Waals surface area contributed by atoms with E-state index in [4.69, 9.17) is 4.74 Å². The summed E-state index contributed by atoms with van der Waals surface area (Å²) in [7, 11) is 3.24. The Bertz CT molecular complexity index is 578. The summed E-state index contributed by atoms with van der Waals surface area (Å²) in [4.78, 5) is 12.1. The van der Waals surface area contributed by atoms with Crippen LogP contribution in [0.3, 0.4) is 0 Å². The van der Waals surface area contributed by atoms with Crippen LogP contribution in [0, 0.1) is 0 Å². The average Bonchev–Trinajstić information content (AvgIpc) is 2.86. The summed E-state index contributed by atoms with van der Waals surface area (Å²) in [5.74, 6) is -0.323. The van der Waals surface area contributed by atoms with Crippen molar-refractivity contribution in [2.75, 3.05) is 12.4 Å². The molecule has 0 fully saturated rings. The molecule has 5 heteroatoms. The van der Waals surface area contributed by atoms with Gasteiger partial charge in [-0.2, -0.15) is 5.10 Å². The normalized spacial score (nSPS) is 11.9. The number of aromatic nitrogens is 2. The van der Waals surface area contributed by atoms with Crippen LogP contribution >= 0.6 is 0 Å². The van der Waals surface area contributed by atoms with Crippen molar-refractivity contribution in [3.63, 3.8) is 0 Å². The van der Waals surface area contributed by atoms with Crippen molar-refractivity contribution in [2.24, 2.45) is 7.05 Å². The van der Waals surface area contributed by atoms with Gasteiger partial charge in [-0.3, -0.25) is 4.68 Å². The lowest BCUT2D eigenvalue weighted by Gasteiger charge is -2.17. The minimum absolute atomic E-state index is 0.323. The number of nitrogens with one attached hydrogen (secondary N) is 1. The molecule has 5 nitrogen and oxygen atoms in total. The molecule has 1 N–H and O–H groups in total. The SMILES string of the molecule is CCc1nn(C)cc1C(Nc1ccccc1)C(=O)OC. The van der Waals surface area contributed by atoms with E-state index in [1.807, 2.05) is 50.5 Å². The number of anilines is 1. The van der Waals surface area contributed by atoms with Gasteiger partial charge in [0.1, 0.15) is 0 Å². The van der Waals surface area contributed by atoms with Gasteiger partial charge >= 0.3 is 5.97 Å². The third-order valence-corrected chi connectivity index (χ3v) is 3.11. The van der Waals surface area contributed by atoms with Crippen molar-refractivity contribution in [3.8, 4) is 0 Å². The Morgan fingerprint density at radius 3 is 2.70 bits per heavy atom. The quantitative estimate of drug-likeness (QED) is 0.849. The van der Waals surface area contributed by atoms with Crippen LogP contribution in [0.15, 0.2) is 36.5 Å². The molecule has 0 saturated carbocycles. The van der Waals surface area contributed by atoms with E-state index in [9.17, 15) is 4.79 Å². The number of hydrogen-bond acceptors (Lipinski definition) is 4. The highest BCUT2D eigenvalue weighted by Gasteiger charge is 2.25. The van der Waals surface area contributed by atoms with Crippen molar-refractivity contribution >= 4 is 11.7 Å². The van der Waals surface area contributed by atoms with Gasteiger partial charge in [0.25, 0.3) is 0 Å². The monoisotopic (exact) mass is 273 g/mol. The van der Waals surface area contributed by atoms with Gasteiger partial charge in [0, 0.05) is 24.5 Å². The summed E-state index contributed by atoms with van der Waals surface area (Å²) in [5, 5.41) is 7.58. The van der Waals surface area contributed by atoms with Gasteiger partial charge in [-0.05, 0) is 18.6 Å². The number of esters is 1. The Balaban J connectivity index is 2.34. The van der Waals surface area contributed by atoms with Crippen LogP contribution in [0.25, 0.3) is 0 Å². The van der Waals surface area contributed by atoms with E-state index in [2.05, 4.69) is 10.4 Å². The minimum atomic E-state index is -0.550. The molecule has 1 atom stereocenters. The van der Waals surface area contributed by atoms with Gasteiger partial charge in [-0.25, -0.2) is 4.79 Å². The Morgan fingerprint density at radius 2 is 2.10 bits per heavy atom. The van der Waals surface area contributed by atoms with Crippen molar-refractivity contribution in [3.05, 3.63) is 47.8 Å². The van der Waals surface area contributed by atoms with E-state index in [0.717, 1.165) is 23.4 Å². The number of methoxy groups -OCH3 is 1. The topological polar surface area (TPSA) is 56.2 Å². The first-order valence-electron chi connectivity index (χ1n) is 6.57. The average molecular weight is 273 g/mol. The predicted molar refractivity (Wildman–Crippen MR) is 77.4 cm³/mol. The smallest absolute Gasteiger partial charge is 0.333 e. The third-order valence-electron chi connectivity index (χ3n) is 3.11. The lowest BCUT2D eigenvalue weighted by molar-refractivity contribution is -0.141. The lowest BCUT2D eigenvalue weighted by atomic mass is 10.1. The summed E-state index contributed by atoms with van der Waals surface area (Å²) in [5.41, 5.74) is 2.62. The molecular weight excluding hydrogens is 254 g/mol. The van der Waals surface area contributed by atoms with E-state index in [0.29, 0.717) is 0 Å². The second-order valence-electron chi connectivity index (χ2n) is 4.52. The van der Waals surface area contributed by atoms with Gasteiger partial charge in [0.05, 0.1) is 12.8 Å². The highest BCUT2D eigenvalue weighted by atomic mass is 16.5. The van der Waals surface area contributed by atoms with E-state index >= 15 is 0 Å². The van der Waals surface area contributed by atoms with Gasteiger partial charge in [-0.1, -0.05) is 25.1 Å². The summed E-state index contributed by atoms with van der Waals surface area (Å²) >= 11 is 0. The molecule has 2 rings (SSSR count). The number of rotatable bonds is 5. The first-order chi connectivity index (χ1) is 9.65. The molecule has 0 aliphatic heterocycles. The fraction of sp³-hybridized carbons (Fsp3) is 0.333. The number of hydrogen-bond donors (Lipinski definition) is 1. The summed E-state index contributed by atoms with van der Waals surface area (Å²) in [6, 6.07) is 9.04. The largest absolute Gasteiger partial charge is 0.467 e. The van der Waals surface area contributed by atoms with Crippen LogP contribution in [-0.4, -0.2) is 22.9 Å². The van der Waals surface area contributed by atoms with Crippen molar-refractivity contribution in [1.82, 2.24) is 9.78 Å². The van der Waals surface area contributed by atoms with Gasteiger partial charge in [0.2, 0.25) is 0 Å². The maximum Gasteiger partial charge on any atom is 0.333 e. The molecule has 1 heterocycles. The Kier molecular flexibility index (Phi) is 4.40. The summed E-state index contributed by atoms with van der Waals surface area (Å²) in [6.45, 7) is 2.02. The first-order valence-corrected chi connectivity index (χ1v) is 6.57. The van der Waals surface area contributed by atoms with E-state index in [1.165, 1.54) is 7.11 Å². The molecule has 106 valence electrons. The summed E-state index contributed by atoms with van der Waals surface area (Å²) < 4.78 is 6.63. The van der Waals surface area contributed by atoms with Crippen LogP contribution in [-0.2, 0) is 23.0 Å². The number of aryl methyl sites for hydroxylation is 2. The molecule has 20 heavy (non-hydrogen) atoms. The number of para-hydroxylation sites is 1. The van der Waals surface area contributed by atoms with Crippen molar-refractivity contribution < 1.29 is 9.53 Å². The molecule has 0 aliphatic carbocycles. The number of carbonyl (C=O) groups excluding carboxylic acids is 1. The zero-order valence-corrected chi connectivity index (χ0v) is 12.0. The summed E-state index contributed by atoms with van der Waals surface area (Å²) in [6.07, 6.45) is 2.62. The van der Waals surface area contributed by atoms with Crippen LogP contribution in [0.1, 0.15) is 24.2 Å².